The highest BCUT2D eigenvalue weighted by atomic mass is 16.5. The Kier molecular flexibility index (Phi) is 3.10. The van der Waals surface area contributed by atoms with E-state index in [9.17, 15) is 4.79 Å². The molecule has 0 atom stereocenters. The Morgan fingerprint density at radius 3 is 3.17 bits per heavy atom. The van der Waals surface area contributed by atoms with E-state index in [2.05, 4.69) is 11.9 Å². The van der Waals surface area contributed by atoms with Gasteiger partial charge in [0.2, 0.25) is 5.91 Å². The first-order valence-electron chi connectivity index (χ1n) is 3.93. The van der Waals surface area contributed by atoms with E-state index >= 15 is 0 Å². The normalized spacial score (nSPS) is 18.6. The number of carbonyl (C=O) groups is 1. The maximum atomic E-state index is 10.9. The van der Waals surface area contributed by atoms with Crippen molar-refractivity contribution >= 4 is 5.91 Å². The molecular weight excluding hydrogens is 156 g/mol. The molecule has 0 aromatic heterocycles. The van der Waals surface area contributed by atoms with Gasteiger partial charge in [0.05, 0.1) is 20.2 Å². The van der Waals surface area contributed by atoms with Gasteiger partial charge < -0.3 is 10.1 Å². The van der Waals surface area contributed by atoms with Crippen molar-refractivity contribution in [2.45, 2.75) is 0 Å². The lowest BCUT2D eigenvalue weighted by molar-refractivity contribution is -0.124. The summed E-state index contributed by atoms with van der Waals surface area (Å²) in [4.78, 5) is 12.9. The Hall–Kier alpha value is -1.03. The summed E-state index contributed by atoms with van der Waals surface area (Å²) in [5, 5.41) is 2.75. The second kappa shape index (κ2) is 4.11. The zero-order chi connectivity index (χ0) is 8.97. The first-order valence-corrected chi connectivity index (χ1v) is 3.93. The summed E-state index contributed by atoms with van der Waals surface area (Å²) in [5.74, 6) is 0.773. The second-order valence-electron chi connectivity index (χ2n) is 2.80. The maximum absolute atomic E-state index is 10.9. The van der Waals surface area contributed by atoms with E-state index in [4.69, 9.17) is 4.74 Å². The molecule has 12 heavy (non-hydrogen) atoms. The van der Waals surface area contributed by atoms with Gasteiger partial charge in [-0.3, -0.25) is 9.69 Å². The van der Waals surface area contributed by atoms with Crippen LogP contribution in [-0.4, -0.2) is 44.1 Å². The average molecular weight is 170 g/mol. The van der Waals surface area contributed by atoms with E-state index in [0.29, 0.717) is 18.8 Å². The first kappa shape index (κ1) is 9.06. The van der Waals surface area contributed by atoms with Crippen molar-refractivity contribution in [3.05, 3.63) is 12.3 Å². The predicted octanol–water partition coefficient (Wildman–Crippen LogP) is -0.422. The quantitative estimate of drug-likeness (QED) is 0.585. The number of nitrogens with zero attached hydrogens (tertiary/aromatic N) is 1. The van der Waals surface area contributed by atoms with E-state index < -0.39 is 0 Å². The maximum Gasteiger partial charge on any atom is 0.234 e. The van der Waals surface area contributed by atoms with Crippen molar-refractivity contribution in [3.63, 3.8) is 0 Å². The number of hydrogen-bond donors (Lipinski definition) is 1. The number of nitrogens with one attached hydrogen (secondary N) is 1. The van der Waals surface area contributed by atoms with Gasteiger partial charge >= 0.3 is 0 Å². The third-order valence-electron chi connectivity index (χ3n) is 1.81. The van der Waals surface area contributed by atoms with Crippen LogP contribution >= 0.6 is 0 Å². The van der Waals surface area contributed by atoms with Gasteiger partial charge in [-0.05, 0) is 0 Å². The predicted molar refractivity (Wildman–Crippen MR) is 45.6 cm³/mol. The number of hydrogen-bond acceptors (Lipinski definition) is 3. The largest absolute Gasteiger partial charge is 0.500 e. The molecule has 1 rings (SSSR count). The topological polar surface area (TPSA) is 41.6 Å². The molecule has 0 unspecified atom stereocenters. The highest BCUT2D eigenvalue weighted by Crippen LogP contribution is 1.99. The van der Waals surface area contributed by atoms with Crippen LogP contribution in [0.1, 0.15) is 0 Å². The first-order chi connectivity index (χ1) is 5.72. The summed E-state index contributed by atoms with van der Waals surface area (Å²) in [6.07, 6.45) is 0. The molecular formula is C8H14N2O2. The molecule has 0 spiro atoms. The van der Waals surface area contributed by atoms with Crippen LogP contribution in [0.4, 0.5) is 0 Å². The Bertz CT molecular complexity index is 191. The van der Waals surface area contributed by atoms with Crippen LogP contribution in [0, 0.1) is 0 Å². The monoisotopic (exact) mass is 170 g/mol. The zero-order valence-corrected chi connectivity index (χ0v) is 7.30. The number of methoxy groups -OCH3 is 1. The summed E-state index contributed by atoms with van der Waals surface area (Å²) >= 11 is 0. The van der Waals surface area contributed by atoms with Crippen LogP contribution in [0.25, 0.3) is 0 Å². The van der Waals surface area contributed by atoms with E-state index in [0.717, 1.165) is 13.1 Å². The van der Waals surface area contributed by atoms with Crippen molar-refractivity contribution in [3.8, 4) is 0 Å². The van der Waals surface area contributed by atoms with Crippen LogP contribution in [0.15, 0.2) is 12.3 Å². The van der Waals surface area contributed by atoms with Gasteiger partial charge in [0.25, 0.3) is 0 Å². The van der Waals surface area contributed by atoms with Crippen LogP contribution in [0.2, 0.25) is 0 Å². The second-order valence-corrected chi connectivity index (χ2v) is 2.80. The summed E-state index contributed by atoms with van der Waals surface area (Å²) in [6, 6.07) is 0. The van der Waals surface area contributed by atoms with Gasteiger partial charge in [-0.15, -0.1) is 0 Å². The van der Waals surface area contributed by atoms with E-state index in [1.54, 1.807) is 7.11 Å². The SMILES string of the molecule is C=C(CN1CCNC(=O)C1)OC. The van der Waals surface area contributed by atoms with Gasteiger partial charge in [-0.25, -0.2) is 0 Å². The molecule has 1 aliphatic heterocycles. The van der Waals surface area contributed by atoms with Gasteiger partial charge in [-0.1, -0.05) is 6.58 Å². The molecule has 0 aromatic carbocycles. The molecule has 1 heterocycles. The summed E-state index contributed by atoms with van der Waals surface area (Å²) in [7, 11) is 1.59. The van der Waals surface area contributed by atoms with Crippen LogP contribution in [0.3, 0.4) is 0 Å². The third-order valence-corrected chi connectivity index (χ3v) is 1.81. The minimum Gasteiger partial charge on any atom is -0.500 e. The summed E-state index contributed by atoms with van der Waals surface area (Å²) in [6.45, 7) is 6.37. The molecule has 0 saturated carbocycles. The molecule has 4 nitrogen and oxygen atoms in total. The van der Waals surface area contributed by atoms with Gasteiger partial charge in [-0.2, -0.15) is 0 Å². The molecule has 1 saturated heterocycles. The molecule has 1 fully saturated rings. The molecule has 0 aromatic rings. The van der Waals surface area contributed by atoms with Crippen molar-refractivity contribution in [1.82, 2.24) is 10.2 Å². The molecule has 68 valence electrons. The number of amides is 1. The van der Waals surface area contributed by atoms with Crippen LogP contribution < -0.4 is 5.32 Å². The Balaban J connectivity index is 2.32. The van der Waals surface area contributed by atoms with Crippen molar-refractivity contribution in [2.75, 3.05) is 33.3 Å². The van der Waals surface area contributed by atoms with Gasteiger partial charge in [0, 0.05) is 13.1 Å². The average Bonchev–Trinajstić information content (AvgIpc) is 2.04. The van der Waals surface area contributed by atoms with Crippen LogP contribution in [-0.2, 0) is 9.53 Å². The number of rotatable bonds is 3. The smallest absolute Gasteiger partial charge is 0.234 e. The zero-order valence-electron chi connectivity index (χ0n) is 7.30. The Morgan fingerprint density at radius 2 is 2.58 bits per heavy atom. The fraction of sp³-hybridized carbons (Fsp3) is 0.625. The molecule has 0 radical (unpaired) electrons. The summed E-state index contributed by atoms with van der Waals surface area (Å²) in [5.41, 5.74) is 0. The van der Waals surface area contributed by atoms with Crippen molar-refractivity contribution < 1.29 is 9.53 Å². The van der Waals surface area contributed by atoms with Gasteiger partial charge in [0.15, 0.2) is 0 Å². The van der Waals surface area contributed by atoms with E-state index in [1.807, 2.05) is 4.90 Å². The molecule has 4 heteroatoms. The van der Waals surface area contributed by atoms with Gasteiger partial charge in [0.1, 0.15) is 5.76 Å². The molecule has 1 amide bonds. The standard InChI is InChI=1S/C8H14N2O2/c1-7(12-2)5-10-4-3-9-8(11)6-10/h1,3-6H2,2H3,(H,9,11). The minimum absolute atomic E-state index is 0.0742. The Labute approximate surface area is 72.2 Å². The number of piperazine rings is 1. The molecule has 1 N–H and O–H groups in total. The Morgan fingerprint density at radius 1 is 1.83 bits per heavy atom. The van der Waals surface area contributed by atoms with Crippen molar-refractivity contribution in [2.24, 2.45) is 0 Å². The molecule has 0 bridgehead atoms. The van der Waals surface area contributed by atoms with E-state index in [-0.39, 0.29) is 5.91 Å². The minimum atomic E-state index is 0.0742. The highest BCUT2D eigenvalue weighted by Gasteiger charge is 2.16. The number of carbonyl (C=O) groups excluding carboxylic acids is 1. The fourth-order valence-corrected chi connectivity index (χ4v) is 1.14. The fourth-order valence-electron chi connectivity index (χ4n) is 1.14. The highest BCUT2D eigenvalue weighted by molar-refractivity contribution is 5.78. The molecule has 0 aliphatic carbocycles. The lowest BCUT2D eigenvalue weighted by Gasteiger charge is -2.26. The van der Waals surface area contributed by atoms with Crippen LogP contribution in [0.5, 0.6) is 0 Å². The third kappa shape index (κ3) is 2.54. The van der Waals surface area contributed by atoms with Crippen molar-refractivity contribution in [1.29, 1.82) is 0 Å². The lowest BCUT2D eigenvalue weighted by Crippen LogP contribution is -2.48. The lowest BCUT2D eigenvalue weighted by atomic mass is 10.3. The molecule has 1 aliphatic rings. The summed E-state index contributed by atoms with van der Waals surface area (Å²) < 4.78 is 4.92. The number of ether oxygens (including phenoxy) is 1. The van der Waals surface area contributed by atoms with E-state index in [1.165, 1.54) is 0 Å².